The molecule has 2 N–H and O–H groups in total. The maximum Gasteiger partial charge on any atom is 0.250 e. The third-order valence-corrected chi connectivity index (χ3v) is 3.71. The van der Waals surface area contributed by atoms with Crippen LogP contribution in [0, 0.1) is 5.92 Å². The van der Waals surface area contributed by atoms with Crippen molar-refractivity contribution in [1.29, 1.82) is 0 Å². The van der Waals surface area contributed by atoms with E-state index in [0.717, 1.165) is 11.3 Å². The van der Waals surface area contributed by atoms with Crippen molar-refractivity contribution in [2.24, 2.45) is 5.92 Å². The number of halogens is 1. The van der Waals surface area contributed by atoms with E-state index in [4.69, 9.17) is 16.3 Å². The van der Waals surface area contributed by atoms with Gasteiger partial charge < -0.3 is 15.2 Å². The van der Waals surface area contributed by atoms with Crippen LogP contribution in [0.1, 0.15) is 25.8 Å². The van der Waals surface area contributed by atoms with Crippen LogP contribution >= 0.6 is 11.6 Å². The van der Waals surface area contributed by atoms with Gasteiger partial charge in [0.25, 0.3) is 5.91 Å². The van der Waals surface area contributed by atoms with Crippen molar-refractivity contribution in [1.82, 2.24) is 5.32 Å². The predicted molar refractivity (Wildman–Crippen MR) is 83.4 cm³/mol. The molecule has 1 aromatic carbocycles. The predicted octanol–water partition coefficient (Wildman–Crippen LogP) is 2.64. The second kappa shape index (κ2) is 6.96. The molecule has 0 bridgehead atoms. The summed E-state index contributed by atoms with van der Waals surface area (Å²) in [4.78, 5) is 12.1. The van der Waals surface area contributed by atoms with Crippen LogP contribution < -0.4 is 10.1 Å². The van der Waals surface area contributed by atoms with Crippen molar-refractivity contribution in [3.8, 4) is 5.75 Å². The molecule has 2 rings (SSSR count). The van der Waals surface area contributed by atoms with Gasteiger partial charge >= 0.3 is 0 Å². The van der Waals surface area contributed by atoms with Gasteiger partial charge in [-0.2, -0.15) is 0 Å². The highest BCUT2D eigenvalue weighted by molar-refractivity contribution is 6.30. The summed E-state index contributed by atoms with van der Waals surface area (Å²) in [6.45, 7) is 4.58. The number of rotatable bonds is 5. The van der Waals surface area contributed by atoms with E-state index in [0.29, 0.717) is 23.6 Å². The third-order valence-electron chi connectivity index (χ3n) is 3.47. The molecule has 0 saturated carbocycles. The van der Waals surface area contributed by atoms with Gasteiger partial charge in [-0.15, -0.1) is 0 Å². The van der Waals surface area contributed by atoms with Gasteiger partial charge in [0.15, 0.2) is 0 Å². The number of amides is 1. The number of carbonyl (C=O) groups excluding carboxylic acids is 1. The first-order chi connectivity index (χ1) is 9.97. The first kappa shape index (κ1) is 15.9. The van der Waals surface area contributed by atoms with E-state index >= 15 is 0 Å². The van der Waals surface area contributed by atoms with Gasteiger partial charge in [-0.3, -0.25) is 4.79 Å². The van der Waals surface area contributed by atoms with Crippen LogP contribution in [-0.2, 0) is 4.79 Å². The van der Waals surface area contributed by atoms with Crippen LogP contribution in [0.15, 0.2) is 23.8 Å². The Morgan fingerprint density at radius 1 is 1.48 bits per heavy atom. The Balaban J connectivity index is 1.95. The highest BCUT2D eigenvalue weighted by atomic mass is 35.5. The minimum Gasteiger partial charge on any atom is -0.488 e. The molecule has 114 valence electrons. The van der Waals surface area contributed by atoms with Crippen LogP contribution in [0.25, 0.3) is 6.08 Å². The molecule has 0 spiro atoms. The summed E-state index contributed by atoms with van der Waals surface area (Å²) in [7, 11) is 0. The largest absolute Gasteiger partial charge is 0.488 e. The van der Waals surface area contributed by atoms with Crippen LogP contribution in [0.4, 0.5) is 0 Å². The fraction of sp³-hybridized carbons (Fsp3) is 0.438. The van der Waals surface area contributed by atoms with Crippen LogP contribution in [0.5, 0.6) is 5.75 Å². The Morgan fingerprint density at radius 2 is 2.24 bits per heavy atom. The molecular weight excluding hydrogens is 290 g/mol. The smallest absolute Gasteiger partial charge is 0.250 e. The molecule has 0 aliphatic carbocycles. The summed E-state index contributed by atoms with van der Waals surface area (Å²) in [5, 5.41) is 13.1. The van der Waals surface area contributed by atoms with E-state index in [2.05, 4.69) is 5.32 Å². The molecule has 1 unspecified atom stereocenters. The molecule has 4 nitrogen and oxygen atoms in total. The lowest BCUT2D eigenvalue weighted by Gasteiger charge is -2.18. The topological polar surface area (TPSA) is 58.6 Å². The van der Waals surface area contributed by atoms with Gasteiger partial charge in [0.1, 0.15) is 12.4 Å². The summed E-state index contributed by atoms with van der Waals surface area (Å²) < 4.78 is 5.54. The molecule has 0 fully saturated rings. The fourth-order valence-corrected chi connectivity index (χ4v) is 2.24. The van der Waals surface area contributed by atoms with E-state index in [1.807, 2.05) is 13.8 Å². The number of fused-ring (bicyclic) bond motifs is 1. The molecule has 0 radical (unpaired) electrons. The standard InChI is InChI=1S/C16H20ClNO3/c1-10(2)14(19)5-6-18-16(20)12-7-11-8-13(17)3-4-15(11)21-9-12/h3-4,7-8,10,14,19H,5-6,9H2,1-2H3,(H,18,20). The normalized spacial score (nSPS) is 15.0. The average molecular weight is 310 g/mol. The molecule has 1 atom stereocenters. The SMILES string of the molecule is CC(C)C(O)CCNC(=O)C1=Cc2cc(Cl)ccc2OC1. The minimum absolute atomic E-state index is 0.170. The molecule has 1 heterocycles. The Hall–Kier alpha value is -1.52. The summed E-state index contributed by atoms with van der Waals surface area (Å²) in [5.74, 6) is 0.746. The Kier molecular flexibility index (Phi) is 5.26. The van der Waals surface area contributed by atoms with Gasteiger partial charge in [-0.05, 0) is 36.6 Å². The van der Waals surface area contributed by atoms with Crippen molar-refractivity contribution >= 4 is 23.6 Å². The highest BCUT2D eigenvalue weighted by Crippen LogP contribution is 2.28. The first-order valence-corrected chi connectivity index (χ1v) is 7.44. The number of carbonyl (C=O) groups is 1. The number of nitrogens with one attached hydrogen (secondary N) is 1. The van der Waals surface area contributed by atoms with Gasteiger partial charge in [-0.25, -0.2) is 0 Å². The maximum absolute atomic E-state index is 12.1. The molecule has 1 aliphatic heterocycles. The molecule has 1 amide bonds. The monoisotopic (exact) mass is 309 g/mol. The van der Waals surface area contributed by atoms with Crippen LogP contribution in [0.2, 0.25) is 5.02 Å². The molecular formula is C16H20ClNO3. The van der Waals surface area contributed by atoms with E-state index in [1.165, 1.54) is 0 Å². The second-order valence-corrected chi connectivity index (χ2v) is 5.93. The fourth-order valence-electron chi connectivity index (χ4n) is 2.06. The molecule has 5 heteroatoms. The van der Waals surface area contributed by atoms with Crippen molar-refractivity contribution in [3.63, 3.8) is 0 Å². The van der Waals surface area contributed by atoms with Gasteiger partial charge in [0.2, 0.25) is 0 Å². The Labute approximate surface area is 129 Å². The number of hydrogen-bond acceptors (Lipinski definition) is 3. The summed E-state index contributed by atoms with van der Waals surface area (Å²) >= 11 is 5.94. The summed E-state index contributed by atoms with van der Waals surface area (Å²) in [6.07, 6.45) is 1.93. The lowest BCUT2D eigenvalue weighted by molar-refractivity contribution is -0.117. The number of aliphatic hydroxyl groups is 1. The zero-order valence-corrected chi connectivity index (χ0v) is 13.0. The zero-order chi connectivity index (χ0) is 15.4. The summed E-state index contributed by atoms with van der Waals surface area (Å²) in [5.41, 5.74) is 1.37. The average Bonchev–Trinajstić information content (AvgIpc) is 2.45. The van der Waals surface area contributed by atoms with Gasteiger partial charge in [0.05, 0.1) is 11.7 Å². The first-order valence-electron chi connectivity index (χ1n) is 7.06. The third kappa shape index (κ3) is 4.22. The lowest BCUT2D eigenvalue weighted by Crippen LogP contribution is -2.31. The molecule has 0 aromatic heterocycles. The molecule has 21 heavy (non-hydrogen) atoms. The van der Waals surface area contributed by atoms with Crippen molar-refractivity contribution in [2.45, 2.75) is 26.4 Å². The zero-order valence-electron chi connectivity index (χ0n) is 12.2. The number of hydrogen-bond donors (Lipinski definition) is 2. The van der Waals surface area contributed by atoms with Crippen molar-refractivity contribution < 1.29 is 14.6 Å². The van der Waals surface area contributed by atoms with Crippen molar-refractivity contribution in [3.05, 3.63) is 34.4 Å². The summed E-state index contributed by atoms with van der Waals surface area (Å²) in [6, 6.07) is 5.32. The number of ether oxygens (including phenoxy) is 1. The minimum atomic E-state index is -0.401. The van der Waals surface area contributed by atoms with E-state index in [-0.39, 0.29) is 18.4 Å². The molecule has 1 aromatic rings. The maximum atomic E-state index is 12.1. The van der Waals surface area contributed by atoms with Crippen LogP contribution in [0.3, 0.4) is 0 Å². The van der Waals surface area contributed by atoms with E-state index in [9.17, 15) is 9.90 Å². The molecule has 0 saturated heterocycles. The van der Waals surface area contributed by atoms with Gasteiger partial charge in [-0.1, -0.05) is 25.4 Å². The van der Waals surface area contributed by atoms with Gasteiger partial charge in [0, 0.05) is 17.1 Å². The Bertz CT molecular complexity index is 554. The number of aliphatic hydroxyl groups excluding tert-OH is 1. The van der Waals surface area contributed by atoms with Crippen molar-refractivity contribution in [2.75, 3.05) is 13.2 Å². The number of benzene rings is 1. The second-order valence-electron chi connectivity index (χ2n) is 5.50. The Morgan fingerprint density at radius 3 is 2.95 bits per heavy atom. The van der Waals surface area contributed by atoms with E-state index in [1.54, 1.807) is 24.3 Å². The van der Waals surface area contributed by atoms with Crippen LogP contribution in [-0.4, -0.2) is 30.3 Å². The lowest BCUT2D eigenvalue weighted by atomic mass is 10.0. The highest BCUT2D eigenvalue weighted by Gasteiger charge is 2.17. The quantitative estimate of drug-likeness (QED) is 0.879. The van der Waals surface area contributed by atoms with E-state index < -0.39 is 6.10 Å². The molecule has 1 aliphatic rings.